The minimum absolute atomic E-state index is 0.370. The van der Waals surface area contributed by atoms with Gasteiger partial charge in [0.15, 0.2) is 0 Å². The van der Waals surface area contributed by atoms with Crippen molar-refractivity contribution in [3.05, 3.63) is 0 Å². The molecule has 0 aromatic heterocycles. The van der Waals surface area contributed by atoms with Crippen LogP contribution in [-0.2, 0) is 4.79 Å². The molecule has 2 bridgehead atoms. The second-order valence-corrected chi connectivity index (χ2v) is 5.31. The van der Waals surface area contributed by atoms with Crippen molar-refractivity contribution in [2.24, 2.45) is 29.6 Å². The van der Waals surface area contributed by atoms with Crippen LogP contribution in [0.15, 0.2) is 0 Å². The van der Waals surface area contributed by atoms with Gasteiger partial charge in [-0.15, -0.1) is 0 Å². The van der Waals surface area contributed by atoms with Gasteiger partial charge in [0, 0.05) is 6.42 Å². The molecule has 2 fully saturated rings. The van der Waals surface area contributed by atoms with E-state index in [1.165, 1.54) is 12.8 Å². The third-order valence-electron chi connectivity index (χ3n) is 4.76. The van der Waals surface area contributed by atoms with Crippen molar-refractivity contribution in [3.63, 3.8) is 0 Å². The molecular weight excluding hydrogens is 176 g/mol. The highest BCUT2D eigenvalue weighted by molar-refractivity contribution is 5.66. The molecule has 2 heteroatoms. The summed E-state index contributed by atoms with van der Waals surface area (Å²) < 4.78 is 0. The molecule has 2 aliphatic carbocycles. The van der Waals surface area contributed by atoms with E-state index < -0.39 is 5.97 Å². The largest absolute Gasteiger partial charge is 0.481 e. The zero-order chi connectivity index (χ0) is 10.3. The second-order valence-electron chi connectivity index (χ2n) is 5.31. The monoisotopic (exact) mass is 196 g/mol. The number of aliphatic carboxylic acids is 1. The maximum atomic E-state index is 10.5. The standard InChI is InChI=1S/C12H20O2/c1-7-8(2)11-6-10(7)5-9(11)3-4-12(13)14/h7-11H,3-6H2,1-2H3,(H,13,14). The normalized spacial score (nSPS) is 45.7. The zero-order valence-corrected chi connectivity index (χ0v) is 9.07. The number of carboxylic acid groups (broad SMARTS) is 1. The Hall–Kier alpha value is -0.530. The van der Waals surface area contributed by atoms with Gasteiger partial charge in [0.2, 0.25) is 0 Å². The predicted molar refractivity (Wildman–Crippen MR) is 54.9 cm³/mol. The lowest BCUT2D eigenvalue weighted by Gasteiger charge is -2.31. The van der Waals surface area contributed by atoms with Crippen molar-refractivity contribution < 1.29 is 9.90 Å². The van der Waals surface area contributed by atoms with E-state index in [1.54, 1.807) is 0 Å². The fourth-order valence-corrected chi connectivity index (χ4v) is 3.74. The fraction of sp³-hybridized carbons (Fsp3) is 0.917. The fourth-order valence-electron chi connectivity index (χ4n) is 3.74. The van der Waals surface area contributed by atoms with Crippen molar-refractivity contribution in [1.82, 2.24) is 0 Å². The van der Waals surface area contributed by atoms with Crippen molar-refractivity contribution in [2.45, 2.75) is 39.5 Å². The summed E-state index contributed by atoms with van der Waals surface area (Å²) >= 11 is 0. The quantitative estimate of drug-likeness (QED) is 0.753. The SMILES string of the molecule is CC1C2CC(CCC(=O)O)C(C2)C1C. The summed E-state index contributed by atoms with van der Waals surface area (Å²) in [4.78, 5) is 10.5. The first kappa shape index (κ1) is 10.0. The maximum Gasteiger partial charge on any atom is 0.303 e. The summed E-state index contributed by atoms with van der Waals surface area (Å²) in [6, 6.07) is 0. The molecule has 1 N–H and O–H groups in total. The van der Waals surface area contributed by atoms with Crippen molar-refractivity contribution >= 4 is 5.97 Å². The van der Waals surface area contributed by atoms with E-state index in [1.807, 2.05) is 0 Å². The van der Waals surface area contributed by atoms with Gasteiger partial charge in [-0.2, -0.15) is 0 Å². The first-order valence-corrected chi connectivity index (χ1v) is 5.81. The van der Waals surface area contributed by atoms with Gasteiger partial charge in [0.25, 0.3) is 0 Å². The molecule has 5 atom stereocenters. The van der Waals surface area contributed by atoms with Crippen LogP contribution in [0.5, 0.6) is 0 Å². The Morgan fingerprint density at radius 3 is 2.50 bits per heavy atom. The first-order valence-electron chi connectivity index (χ1n) is 5.81. The van der Waals surface area contributed by atoms with Gasteiger partial charge in [-0.1, -0.05) is 13.8 Å². The number of hydrogen-bond donors (Lipinski definition) is 1. The summed E-state index contributed by atoms with van der Waals surface area (Å²) in [7, 11) is 0. The average Bonchev–Trinajstić information content (AvgIpc) is 2.64. The van der Waals surface area contributed by atoms with Crippen LogP contribution in [0.3, 0.4) is 0 Å². The molecule has 0 aliphatic heterocycles. The number of fused-ring (bicyclic) bond motifs is 2. The summed E-state index contributed by atoms with van der Waals surface area (Å²) in [5.41, 5.74) is 0. The van der Waals surface area contributed by atoms with Crippen LogP contribution in [0.1, 0.15) is 39.5 Å². The third kappa shape index (κ3) is 1.55. The minimum atomic E-state index is -0.631. The van der Waals surface area contributed by atoms with E-state index in [0.29, 0.717) is 12.3 Å². The van der Waals surface area contributed by atoms with Crippen LogP contribution in [0, 0.1) is 29.6 Å². The molecule has 2 saturated carbocycles. The van der Waals surface area contributed by atoms with Crippen LogP contribution in [-0.4, -0.2) is 11.1 Å². The van der Waals surface area contributed by atoms with Crippen LogP contribution in [0.25, 0.3) is 0 Å². The molecule has 80 valence electrons. The summed E-state index contributed by atoms with van der Waals surface area (Å²) in [5, 5.41) is 8.66. The maximum absolute atomic E-state index is 10.5. The molecule has 14 heavy (non-hydrogen) atoms. The van der Waals surface area contributed by atoms with Gasteiger partial charge < -0.3 is 5.11 Å². The lowest BCUT2D eigenvalue weighted by Crippen LogP contribution is -2.24. The highest BCUT2D eigenvalue weighted by atomic mass is 16.4. The smallest absolute Gasteiger partial charge is 0.303 e. The average molecular weight is 196 g/mol. The molecule has 0 amide bonds. The van der Waals surface area contributed by atoms with E-state index in [4.69, 9.17) is 5.11 Å². The number of rotatable bonds is 3. The predicted octanol–water partition coefficient (Wildman–Crippen LogP) is 2.78. The number of carbonyl (C=O) groups is 1. The lowest BCUT2D eigenvalue weighted by atomic mass is 9.74. The molecule has 0 aromatic carbocycles. The Morgan fingerprint density at radius 2 is 2.00 bits per heavy atom. The topological polar surface area (TPSA) is 37.3 Å². The Kier molecular flexibility index (Phi) is 2.54. The van der Waals surface area contributed by atoms with Crippen molar-refractivity contribution in [3.8, 4) is 0 Å². The highest BCUT2D eigenvalue weighted by Crippen LogP contribution is 2.55. The Morgan fingerprint density at radius 1 is 1.29 bits per heavy atom. The van der Waals surface area contributed by atoms with Crippen LogP contribution in [0.4, 0.5) is 0 Å². The highest BCUT2D eigenvalue weighted by Gasteiger charge is 2.48. The molecule has 0 spiro atoms. The molecule has 0 saturated heterocycles. The van der Waals surface area contributed by atoms with Crippen LogP contribution in [0.2, 0.25) is 0 Å². The van der Waals surface area contributed by atoms with Gasteiger partial charge in [0.05, 0.1) is 0 Å². The summed E-state index contributed by atoms with van der Waals surface area (Å²) in [5.74, 6) is 3.51. The second kappa shape index (κ2) is 3.56. The lowest BCUT2D eigenvalue weighted by molar-refractivity contribution is -0.137. The first-order chi connectivity index (χ1) is 6.59. The van der Waals surface area contributed by atoms with Gasteiger partial charge in [-0.3, -0.25) is 4.79 Å². The Balaban J connectivity index is 1.90. The molecule has 5 unspecified atom stereocenters. The Labute approximate surface area is 85.7 Å². The molecule has 0 radical (unpaired) electrons. The molecule has 0 aromatic rings. The molecule has 2 aliphatic rings. The van der Waals surface area contributed by atoms with E-state index in [2.05, 4.69) is 13.8 Å². The van der Waals surface area contributed by atoms with E-state index in [0.717, 1.165) is 30.1 Å². The summed E-state index contributed by atoms with van der Waals surface area (Å²) in [6.45, 7) is 4.71. The van der Waals surface area contributed by atoms with Crippen LogP contribution >= 0.6 is 0 Å². The number of hydrogen-bond acceptors (Lipinski definition) is 1. The van der Waals surface area contributed by atoms with E-state index >= 15 is 0 Å². The third-order valence-corrected chi connectivity index (χ3v) is 4.76. The van der Waals surface area contributed by atoms with Gasteiger partial charge in [-0.25, -0.2) is 0 Å². The van der Waals surface area contributed by atoms with Gasteiger partial charge >= 0.3 is 5.97 Å². The molecular formula is C12H20O2. The van der Waals surface area contributed by atoms with Gasteiger partial charge in [0.1, 0.15) is 0 Å². The van der Waals surface area contributed by atoms with Crippen LogP contribution < -0.4 is 0 Å². The number of carboxylic acids is 1. The zero-order valence-electron chi connectivity index (χ0n) is 9.07. The van der Waals surface area contributed by atoms with E-state index in [9.17, 15) is 4.79 Å². The molecule has 0 heterocycles. The van der Waals surface area contributed by atoms with E-state index in [-0.39, 0.29) is 0 Å². The minimum Gasteiger partial charge on any atom is -0.481 e. The molecule has 2 rings (SSSR count). The van der Waals surface area contributed by atoms with Crippen molar-refractivity contribution in [1.29, 1.82) is 0 Å². The van der Waals surface area contributed by atoms with Crippen molar-refractivity contribution in [2.75, 3.05) is 0 Å². The van der Waals surface area contributed by atoms with Gasteiger partial charge in [-0.05, 0) is 48.9 Å². The summed E-state index contributed by atoms with van der Waals surface area (Å²) in [6.07, 6.45) is 3.94. The Bertz CT molecular complexity index is 234. The molecule has 2 nitrogen and oxygen atoms in total.